The number of aryl methyl sites for hydroxylation is 1. The lowest BCUT2D eigenvalue weighted by Crippen LogP contribution is -2.52. The summed E-state index contributed by atoms with van der Waals surface area (Å²) in [6.07, 6.45) is 1.08. The summed E-state index contributed by atoms with van der Waals surface area (Å²) in [5, 5.41) is 19.1. The third-order valence-corrected chi connectivity index (χ3v) is 6.32. The van der Waals surface area contributed by atoms with E-state index < -0.39 is 0 Å². The SMILES string of the molecule is CCc1cc2c(s1)N(N1CCN(CCO)CC1)c1ccccc1NC2. The van der Waals surface area contributed by atoms with Gasteiger partial charge in [0.05, 0.1) is 18.0 Å². The van der Waals surface area contributed by atoms with Gasteiger partial charge in [0.25, 0.3) is 0 Å². The molecular formula is C19H26N4OS. The molecule has 25 heavy (non-hydrogen) atoms. The molecule has 3 heterocycles. The van der Waals surface area contributed by atoms with Crippen molar-refractivity contribution in [1.29, 1.82) is 0 Å². The summed E-state index contributed by atoms with van der Waals surface area (Å²) < 4.78 is 0. The quantitative estimate of drug-likeness (QED) is 0.880. The van der Waals surface area contributed by atoms with Gasteiger partial charge in [-0.2, -0.15) is 0 Å². The lowest BCUT2D eigenvalue weighted by Gasteiger charge is -2.41. The number of anilines is 3. The number of thiophene rings is 1. The molecule has 0 atom stereocenters. The molecule has 1 fully saturated rings. The molecule has 1 saturated heterocycles. The monoisotopic (exact) mass is 358 g/mol. The maximum Gasteiger partial charge on any atom is 0.116 e. The van der Waals surface area contributed by atoms with Crippen LogP contribution in [0, 0.1) is 0 Å². The van der Waals surface area contributed by atoms with E-state index in [1.807, 2.05) is 11.3 Å². The number of hydrazine groups is 1. The van der Waals surface area contributed by atoms with Crippen LogP contribution in [0.4, 0.5) is 16.4 Å². The van der Waals surface area contributed by atoms with E-state index in [-0.39, 0.29) is 6.61 Å². The van der Waals surface area contributed by atoms with Crippen LogP contribution in [0.5, 0.6) is 0 Å². The van der Waals surface area contributed by atoms with Gasteiger partial charge in [-0.25, -0.2) is 5.01 Å². The molecule has 0 unspecified atom stereocenters. The van der Waals surface area contributed by atoms with Crippen molar-refractivity contribution in [3.8, 4) is 0 Å². The van der Waals surface area contributed by atoms with Crippen LogP contribution >= 0.6 is 11.3 Å². The summed E-state index contributed by atoms with van der Waals surface area (Å²) >= 11 is 1.92. The second kappa shape index (κ2) is 7.33. The summed E-state index contributed by atoms with van der Waals surface area (Å²) in [5.74, 6) is 0. The Bertz CT molecular complexity index is 724. The Morgan fingerprint density at radius 1 is 1.16 bits per heavy atom. The first-order chi connectivity index (χ1) is 12.3. The highest BCUT2D eigenvalue weighted by Crippen LogP contribution is 2.43. The molecule has 2 aliphatic rings. The average Bonchev–Trinajstić information content (AvgIpc) is 2.99. The van der Waals surface area contributed by atoms with E-state index >= 15 is 0 Å². The van der Waals surface area contributed by atoms with Crippen LogP contribution in [0.3, 0.4) is 0 Å². The van der Waals surface area contributed by atoms with Gasteiger partial charge in [-0.3, -0.25) is 9.91 Å². The summed E-state index contributed by atoms with van der Waals surface area (Å²) in [7, 11) is 0. The van der Waals surface area contributed by atoms with E-state index in [2.05, 4.69) is 57.5 Å². The van der Waals surface area contributed by atoms with Crippen molar-refractivity contribution in [2.45, 2.75) is 19.9 Å². The summed E-state index contributed by atoms with van der Waals surface area (Å²) in [5.41, 5.74) is 3.82. The fraction of sp³-hybridized carbons (Fsp3) is 0.474. The molecule has 2 N–H and O–H groups in total. The third kappa shape index (κ3) is 3.27. The molecule has 0 spiro atoms. The molecular weight excluding hydrogens is 332 g/mol. The first kappa shape index (κ1) is 16.8. The number of piperazine rings is 1. The summed E-state index contributed by atoms with van der Waals surface area (Å²) in [6.45, 7) is 8.07. The number of nitrogens with zero attached hydrogens (tertiary/aromatic N) is 3. The standard InChI is InChI=1S/C19H26N4OS/c1-2-16-13-15-14-20-17-5-3-4-6-18(17)23(19(15)25-16)22-9-7-21(8-10-22)11-12-24/h3-6,13,20,24H,2,7-12,14H2,1H3. The molecule has 0 saturated carbocycles. The van der Waals surface area contributed by atoms with Gasteiger partial charge < -0.3 is 10.4 Å². The van der Waals surface area contributed by atoms with E-state index in [1.54, 1.807) is 0 Å². The molecule has 0 radical (unpaired) electrons. The molecule has 6 heteroatoms. The second-order valence-electron chi connectivity index (χ2n) is 6.60. The van der Waals surface area contributed by atoms with Crippen LogP contribution in [0.2, 0.25) is 0 Å². The Labute approximate surface area is 153 Å². The number of hydrogen-bond donors (Lipinski definition) is 2. The zero-order valence-electron chi connectivity index (χ0n) is 14.7. The van der Waals surface area contributed by atoms with Crippen LogP contribution < -0.4 is 10.3 Å². The predicted molar refractivity (Wildman–Crippen MR) is 105 cm³/mol. The van der Waals surface area contributed by atoms with Gasteiger partial charge in [0, 0.05) is 49.7 Å². The van der Waals surface area contributed by atoms with Crippen molar-refractivity contribution < 1.29 is 5.11 Å². The number of benzene rings is 1. The van der Waals surface area contributed by atoms with Crippen LogP contribution in [-0.4, -0.2) is 54.3 Å². The average molecular weight is 359 g/mol. The summed E-state index contributed by atoms with van der Waals surface area (Å²) in [6, 6.07) is 11.0. The molecule has 4 rings (SSSR count). The molecule has 5 nitrogen and oxygen atoms in total. The molecule has 2 aromatic rings. The van der Waals surface area contributed by atoms with E-state index in [9.17, 15) is 5.11 Å². The van der Waals surface area contributed by atoms with Crippen molar-refractivity contribution in [3.05, 3.63) is 40.8 Å². The van der Waals surface area contributed by atoms with Gasteiger partial charge in [0.15, 0.2) is 0 Å². The molecule has 0 aliphatic carbocycles. The van der Waals surface area contributed by atoms with Gasteiger partial charge in [-0.1, -0.05) is 19.1 Å². The number of hydrogen-bond acceptors (Lipinski definition) is 6. The normalized spacial score (nSPS) is 18.4. The van der Waals surface area contributed by atoms with Gasteiger partial charge in [0.1, 0.15) is 5.00 Å². The number of rotatable bonds is 4. The second-order valence-corrected chi connectivity index (χ2v) is 7.71. The number of nitrogens with one attached hydrogen (secondary N) is 1. The highest BCUT2D eigenvalue weighted by Gasteiger charge is 2.29. The van der Waals surface area contributed by atoms with E-state index in [1.165, 1.54) is 26.8 Å². The van der Waals surface area contributed by atoms with E-state index in [0.29, 0.717) is 0 Å². The molecule has 2 aliphatic heterocycles. The molecule has 0 bridgehead atoms. The first-order valence-corrected chi connectivity index (χ1v) is 9.94. The van der Waals surface area contributed by atoms with Gasteiger partial charge in [0.2, 0.25) is 0 Å². The highest BCUT2D eigenvalue weighted by atomic mass is 32.1. The smallest absolute Gasteiger partial charge is 0.116 e. The Hall–Kier alpha value is -1.60. The molecule has 0 amide bonds. The van der Waals surface area contributed by atoms with E-state index in [4.69, 9.17) is 0 Å². The van der Waals surface area contributed by atoms with Crippen LogP contribution in [0.1, 0.15) is 17.4 Å². The fourth-order valence-corrected chi connectivity index (χ4v) is 4.80. The molecule has 1 aromatic carbocycles. The topological polar surface area (TPSA) is 42.0 Å². The number of para-hydroxylation sites is 2. The van der Waals surface area contributed by atoms with Crippen molar-refractivity contribution in [3.63, 3.8) is 0 Å². The van der Waals surface area contributed by atoms with Crippen LogP contribution in [0.15, 0.2) is 30.3 Å². The largest absolute Gasteiger partial charge is 0.395 e. The zero-order valence-corrected chi connectivity index (χ0v) is 15.6. The van der Waals surface area contributed by atoms with Crippen LogP contribution in [-0.2, 0) is 13.0 Å². The minimum absolute atomic E-state index is 0.241. The third-order valence-electron chi connectivity index (χ3n) is 5.03. The minimum Gasteiger partial charge on any atom is -0.395 e. The molecule has 134 valence electrons. The first-order valence-electron chi connectivity index (χ1n) is 9.13. The van der Waals surface area contributed by atoms with Gasteiger partial charge >= 0.3 is 0 Å². The van der Waals surface area contributed by atoms with Gasteiger partial charge in [-0.05, 0) is 24.6 Å². The lowest BCUT2D eigenvalue weighted by atomic mass is 10.2. The van der Waals surface area contributed by atoms with Gasteiger partial charge in [-0.15, -0.1) is 11.3 Å². The Morgan fingerprint density at radius 2 is 1.96 bits per heavy atom. The van der Waals surface area contributed by atoms with Crippen molar-refractivity contribution in [2.24, 2.45) is 0 Å². The van der Waals surface area contributed by atoms with E-state index in [0.717, 1.165) is 45.7 Å². The summed E-state index contributed by atoms with van der Waals surface area (Å²) in [4.78, 5) is 3.78. The van der Waals surface area contributed by atoms with Crippen molar-refractivity contribution >= 4 is 27.7 Å². The van der Waals surface area contributed by atoms with Crippen LogP contribution in [0.25, 0.3) is 0 Å². The van der Waals surface area contributed by atoms with Crippen molar-refractivity contribution in [1.82, 2.24) is 9.91 Å². The number of β-amino-alcohol motifs (C(OH)–C–C–N with tert-alkyl or cyclic N) is 1. The number of aliphatic hydroxyl groups excluding tert-OH is 1. The Balaban J connectivity index is 1.69. The maximum atomic E-state index is 9.19. The van der Waals surface area contributed by atoms with Crippen molar-refractivity contribution in [2.75, 3.05) is 49.7 Å². The lowest BCUT2D eigenvalue weighted by molar-refractivity contribution is 0.113. The number of aliphatic hydroxyl groups is 1. The Kier molecular flexibility index (Phi) is 4.94. The fourth-order valence-electron chi connectivity index (χ4n) is 3.65. The minimum atomic E-state index is 0.241. The number of fused-ring (bicyclic) bond motifs is 2. The highest BCUT2D eigenvalue weighted by molar-refractivity contribution is 7.16. The Morgan fingerprint density at radius 3 is 2.72 bits per heavy atom. The maximum absolute atomic E-state index is 9.19. The molecule has 1 aromatic heterocycles. The predicted octanol–water partition coefficient (Wildman–Crippen LogP) is 2.90. The zero-order chi connectivity index (χ0) is 17.2.